The van der Waals surface area contributed by atoms with Gasteiger partial charge in [-0.2, -0.15) is 0 Å². The van der Waals surface area contributed by atoms with Crippen LogP contribution in [0, 0.1) is 23.2 Å². The molecular formula is C75H90. The van der Waals surface area contributed by atoms with E-state index >= 15 is 0 Å². The van der Waals surface area contributed by atoms with Crippen molar-refractivity contribution in [2.24, 2.45) is 16.2 Å². The van der Waals surface area contributed by atoms with Crippen LogP contribution < -0.4 is 0 Å². The Hall–Kier alpha value is -6.50. The number of fused-ring (bicyclic) bond motifs is 12. The van der Waals surface area contributed by atoms with E-state index in [0.29, 0.717) is 16.2 Å². The van der Waals surface area contributed by atoms with Crippen LogP contribution in [0.25, 0.3) is 54.9 Å². The summed E-state index contributed by atoms with van der Waals surface area (Å²) in [6.07, 6.45) is 0. The molecule has 12 rings (SSSR count). The van der Waals surface area contributed by atoms with Crippen LogP contribution in [-0.4, -0.2) is 0 Å². The van der Waals surface area contributed by atoms with E-state index in [2.05, 4.69) is 314 Å². The molecule has 0 aromatic heterocycles. The van der Waals surface area contributed by atoms with Crippen LogP contribution in [0.2, 0.25) is 0 Å². The smallest absolute Gasteiger partial charge is 0.0159 e. The third kappa shape index (κ3) is 14.7. The van der Waals surface area contributed by atoms with E-state index < -0.39 is 0 Å². The molecule has 0 unspecified atom stereocenters. The fraction of sp³-hybridized carbons (Fsp3) is 0.333. The molecule has 75 heavy (non-hydrogen) atoms. The lowest BCUT2D eigenvalue weighted by Gasteiger charge is -2.21. The normalized spacial score (nSPS) is 14.1. The summed E-state index contributed by atoms with van der Waals surface area (Å²) in [5.41, 5.74) is 20.3. The molecule has 0 N–H and O–H groups in total. The van der Waals surface area contributed by atoms with Crippen molar-refractivity contribution in [1.29, 1.82) is 0 Å². The molecule has 0 atom stereocenters. The van der Waals surface area contributed by atoms with Crippen molar-refractivity contribution in [2.75, 3.05) is 0 Å². The summed E-state index contributed by atoms with van der Waals surface area (Å²) in [5.74, 6) is 0. The van der Waals surface area contributed by atoms with Crippen LogP contribution in [0.15, 0.2) is 200 Å². The van der Waals surface area contributed by atoms with Crippen LogP contribution in [0.4, 0.5) is 0 Å². The molecule has 0 saturated carbocycles. The second-order valence-corrected chi connectivity index (χ2v) is 27.2. The molecule has 0 heteroatoms. The third-order valence-corrected chi connectivity index (χ3v) is 13.4. The number of hydrogen-bond donors (Lipinski definition) is 0. The van der Waals surface area contributed by atoms with Crippen molar-refractivity contribution in [3.8, 4) is 33.4 Å². The molecule has 0 saturated heterocycles. The van der Waals surface area contributed by atoms with Crippen LogP contribution in [0.5, 0.6) is 0 Å². The highest BCUT2D eigenvalue weighted by atomic mass is 14.4. The van der Waals surface area contributed by atoms with Gasteiger partial charge in [0.2, 0.25) is 0 Å². The minimum Gasteiger partial charge on any atom is -0.0622 e. The Labute approximate surface area is 455 Å². The van der Waals surface area contributed by atoms with E-state index in [1.165, 1.54) is 93.9 Å². The van der Waals surface area contributed by atoms with E-state index in [9.17, 15) is 0 Å². The first kappa shape index (κ1) is 57.8. The van der Waals surface area contributed by atoms with Gasteiger partial charge in [-0.3, -0.25) is 0 Å². The lowest BCUT2D eigenvalue weighted by atomic mass is 9.82. The second kappa shape index (κ2) is 23.2. The Kier molecular flexibility index (Phi) is 17.8. The van der Waals surface area contributed by atoms with Gasteiger partial charge >= 0.3 is 0 Å². The zero-order valence-electron chi connectivity index (χ0n) is 49.6. The first-order valence-corrected chi connectivity index (χ1v) is 27.4. The summed E-state index contributed by atoms with van der Waals surface area (Å²) >= 11 is 0. The van der Waals surface area contributed by atoms with Crippen molar-refractivity contribution in [3.63, 3.8) is 0 Å². The lowest BCUT2D eigenvalue weighted by Crippen LogP contribution is -2.14. The molecule has 9 aromatic rings. The summed E-state index contributed by atoms with van der Waals surface area (Å²) in [7, 11) is 0. The van der Waals surface area contributed by atoms with Gasteiger partial charge in [-0.05, 0) is 124 Å². The molecule has 0 spiro atoms. The molecule has 9 aromatic carbocycles. The first-order chi connectivity index (χ1) is 35.0. The van der Waals surface area contributed by atoms with Crippen molar-refractivity contribution in [1.82, 2.24) is 0 Å². The van der Waals surface area contributed by atoms with E-state index in [-0.39, 0.29) is 16.2 Å². The van der Waals surface area contributed by atoms with E-state index in [0.717, 1.165) is 0 Å². The van der Waals surface area contributed by atoms with Crippen molar-refractivity contribution in [3.05, 3.63) is 239 Å². The maximum Gasteiger partial charge on any atom is 0.0159 e. The van der Waals surface area contributed by atoms with Gasteiger partial charge in [0.1, 0.15) is 0 Å². The van der Waals surface area contributed by atoms with Gasteiger partial charge in [0.25, 0.3) is 0 Å². The zero-order valence-corrected chi connectivity index (χ0v) is 49.6. The summed E-state index contributed by atoms with van der Waals surface area (Å²) in [6, 6.07) is 71.9. The number of rotatable bonds is 0. The molecular weight excluding hydrogens is 901 g/mol. The van der Waals surface area contributed by atoms with Crippen LogP contribution in [0.1, 0.15) is 164 Å². The molecule has 0 bridgehead atoms. The monoisotopic (exact) mass is 991 g/mol. The standard InChI is InChI=1S/2C19H16.C15H14.C7H8.3C5H12/c1-19(2)17-10-6-5-9-15(17)16-11-13-7-3-4-8-14(13)12-18(16)19;1-19(2)16-10-6-5-9-15(16)18-14-8-4-3-7-13(14)11-12-17(18)19;1-15(2)13-9-5-3-7-11(13)12-8-4-6-10-14(12)15;1-7-5-3-2-4-6-7;3*1-5(2,3)4/h2*3-12H,1-2H3;3-10H,1-2H3;2-6H,1H3;3*1-4H3. The number of benzene rings is 9. The topological polar surface area (TPSA) is 0 Å². The average molecular weight is 992 g/mol. The maximum atomic E-state index is 2.37. The van der Waals surface area contributed by atoms with Gasteiger partial charge in [0.15, 0.2) is 0 Å². The Balaban J connectivity index is 0.000000154. The summed E-state index contributed by atoms with van der Waals surface area (Å²) in [6.45, 7) is 42.2. The third-order valence-electron chi connectivity index (χ3n) is 13.4. The minimum atomic E-state index is 0.107. The van der Waals surface area contributed by atoms with Crippen LogP contribution in [0.3, 0.4) is 0 Å². The summed E-state index contributed by atoms with van der Waals surface area (Å²) < 4.78 is 0. The minimum absolute atomic E-state index is 0.107. The molecule has 390 valence electrons. The lowest BCUT2D eigenvalue weighted by molar-refractivity contribution is 0.469. The number of aryl methyl sites for hydroxylation is 1. The molecule has 0 radical (unpaired) electrons. The van der Waals surface area contributed by atoms with Gasteiger partial charge in [-0.15, -0.1) is 0 Å². The first-order valence-electron chi connectivity index (χ1n) is 27.4. The van der Waals surface area contributed by atoms with Crippen molar-refractivity contribution >= 4 is 21.5 Å². The Morgan fingerprint density at radius 1 is 0.253 bits per heavy atom. The maximum absolute atomic E-state index is 2.37. The highest BCUT2D eigenvalue weighted by Gasteiger charge is 2.37. The molecule has 0 fully saturated rings. The second-order valence-electron chi connectivity index (χ2n) is 27.2. The van der Waals surface area contributed by atoms with Crippen molar-refractivity contribution < 1.29 is 0 Å². The highest BCUT2D eigenvalue weighted by molar-refractivity contribution is 6.02. The molecule has 0 aliphatic heterocycles. The van der Waals surface area contributed by atoms with Gasteiger partial charge in [0.05, 0.1) is 0 Å². The fourth-order valence-electron chi connectivity index (χ4n) is 10.1. The van der Waals surface area contributed by atoms with Gasteiger partial charge in [-0.25, -0.2) is 0 Å². The number of hydrogen-bond acceptors (Lipinski definition) is 0. The predicted molar refractivity (Wildman–Crippen MR) is 334 cm³/mol. The molecule has 3 aliphatic rings. The quantitative estimate of drug-likeness (QED) is 0.142. The Bertz CT molecular complexity index is 3210. The summed E-state index contributed by atoms with van der Waals surface area (Å²) in [4.78, 5) is 0. The van der Waals surface area contributed by atoms with E-state index in [1.807, 2.05) is 18.2 Å². The molecule has 0 amide bonds. The SMILES string of the molecule is CC(C)(C)C.CC(C)(C)C.CC(C)(C)C.CC1(C)c2ccccc2-c2c1ccc1ccccc21.CC1(C)c2ccccc2-c2cc3ccccc3cc21.CC1(C)c2ccccc2-c2ccccc21.Cc1ccccc1. The molecule has 0 heterocycles. The molecule has 0 nitrogen and oxygen atoms in total. The van der Waals surface area contributed by atoms with E-state index in [4.69, 9.17) is 0 Å². The van der Waals surface area contributed by atoms with Crippen LogP contribution >= 0.6 is 0 Å². The molecule has 3 aliphatic carbocycles. The highest BCUT2D eigenvalue weighted by Crippen LogP contribution is 2.52. The largest absolute Gasteiger partial charge is 0.0622 e. The van der Waals surface area contributed by atoms with Gasteiger partial charge in [0, 0.05) is 16.2 Å². The Morgan fingerprint density at radius 2 is 0.560 bits per heavy atom. The zero-order chi connectivity index (χ0) is 55.1. The Morgan fingerprint density at radius 3 is 0.987 bits per heavy atom. The fourth-order valence-corrected chi connectivity index (χ4v) is 10.1. The average Bonchev–Trinajstić information content (AvgIpc) is 3.82. The summed E-state index contributed by atoms with van der Waals surface area (Å²) in [5, 5.41) is 5.36. The predicted octanol–water partition coefficient (Wildman–Crippen LogP) is 22.4. The van der Waals surface area contributed by atoms with E-state index in [1.54, 1.807) is 0 Å². The van der Waals surface area contributed by atoms with Gasteiger partial charge in [-0.1, -0.05) is 318 Å². The van der Waals surface area contributed by atoms with Crippen LogP contribution in [-0.2, 0) is 16.2 Å². The van der Waals surface area contributed by atoms with Crippen molar-refractivity contribution in [2.45, 2.75) is 148 Å². The van der Waals surface area contributed by atoms with Gasteiger partial charge < -0.3 is 0 Å².